The van der Waals surface area contributed by atoms with Crippen LogP contribution in [-0.4, -0.2) is 40.0 Å². The Hall–Kier alpha value is -4.76. The maximum absolute atomic E-state index is 14.2. The minimum atomic E-state index is -1.68. The number of ether oxygens (including phenoxy) is 1. The van der Waals surface area contributed by atoms with Gasteiger partial charge >= 0.3 is 6.09 Å². The number of amides is 2. The molecule has 1 fully saturated rings. The minimum Gasteiger partial charge on any atom is -0.445 e. The van der Waals surface area contributed by atoms with Gasteiger partial charge in [-0.25, -0.2) is 9.78 Å². The van der Waals surface area contributed by atoms with Crippen LogP contribution in [0.1, 0.15) is 61.0 Å². The highest BCUT2D eigenvalue weighted by Gasteiger charge is 2.43. The lowest BCUT2D eigenvalue weighted by Gasteiger charge is -2.42. The Kier molecular flexibility index (Phi) is 9.86. The van der Waals surface area contributed by atoms with Gasteiger partial charge in [-0.3, -0.25) is 20.2 Å². The number of hydrogen-bond acceptors (Lipinski definition) is 6. The quantitative estimate of drug-likeness (QED) is 0.119. The molecule has 1 saturated carbocycles. The second-order valence-electron chi connectivity index (χ2n) is 11.5. The second-order valence-corrected chi connectivity index (χ2v) is 11.5. The van der Waals surface area contributed by atoms with Crippen molar-refractivity contribution >= 4 is 17.8 Å². The lowest BCUT2D eigenvalue weighted by atomic mass is 9.64. The number of carbonyl (C=O) groups excluding carboxylic acids is 3. The third kappa shape index (κ3) is 7.60. The first-order valence-electron chi connectivity index (χ1n) is 15.0. The van der Waals surface area contributed by atoms with Gasteiger partial charge in [0.05, 0.1) is 12.7 Å². The molecule has 0 bridgehead atoms. The van der Waals surface area contributed by atoms with Crippen molar-refractivity contribution in [3.05, 3.63) is 126 Å². The van der Waals surface area contributed by atoms with Crippen molar-refractivity contribution in [1.82, 2.24) is 25.9 Å². The van der Waals surface area contributed by atoms with Crippen molar-refractivity contribution in [3.8, 4) is 0 Å². The molecule has 228 valence electrons. The lowest BCUT2D eigenvalue weighted by Crippen LogP contribution is -2.66. The average molecular weight is 594 g/mol. The van der Waals surface area contributed by atoms with Crippen LogP contribution in [0.2, 0.25) is 0 Å². The standard InChI is InChI=1S/C35H39N5O4/c1-26(28-14-7-3-8-15-28)39-35(21-30-22-36-25-38-30,40-33(43)44-23-27-12-5-2-6-13-27)31(41)20-32(42)37-24-34(18-11-19-34)29-16-9-4-10-17-29/h2-10,12-17,22,25-26,39H,11,18-21,23-24H2,1H3,(H,36,38)(H,37,42)(H,40,43)/t26-,35-/m0/s1. The molecule has 1 heterocycles. The predicted octanol–water partition coefficient (Wildman–Crippen LogP) is 5.12. The summed E-state index contributed by atoms with van der Waals surface area (Å²) in [7, 11) is 0. The van der Waals surface area contributed by atoms with E-state index >= 15 is 0 Å². The fraction of sp³-hybridized carbons (Fsp3) is 0.314. The monoisotopic (exact) mass is 593 g/mol. The van der Waals surface area contributed by atoms with Crippen LogP contribution in [-0.2, 0) is 32.8 Å². The Balaban J connectivity index is 1.36. The zero-order chi connectivity index (χ0) is 30.8. The molecule has 0 unspecified atom stereocenters. The van der Waals surface area contributed by atoms with Crippen molar-refractivity contribution in [1.29, 1.82) is 0 Å². The second kappa shape index (κ2) is 14.1. The first-order chi connectivity index (χ1) is 21.4. The first-order valence-corrected chi connectivity index (χ1v) is 15.0. The van der Waals surface area contributed by atoms with Gasteiger partial charge in [-0.15, -0.1) is 0 Å². The molecule has 3 aromatic carbocycles. The molecule has 1 aliphatic rings. The van der Waals surface area contributed by atoms with Gasteiger partial charge in [-0.05, 0) is 36.5 Å². The topological polar surface area (TPSA) is 125 Å². The molecule has 4 N–H and O–H groups in total. The molecule has 2 amide bonds. The molecule has 4 aromatic rings. The van der Waals surface area contributed by atoms with Crippen molar-refractivity contribution in [2.75, 3.05) is 6.54 Å². The lowest BCUT2D eigenvalue weighted by molar-refractivity contribution is -0.133. The van der Waals surface area contributed by atoms with Crippen LogP contribution in [0.15, 0.2) is 104 Å². The maximum Gasteiger partial charge on any atom is 0.409 e. The number of hydrogen-bond donors (Lipinski definition) is 4. The van der Waals surface area contributed by atoms with Crippen molar-refractivity contribution in [3.63, 3.8) is 0 Å². The summed E-state index contributed by atoms with van der Waals surface area (Å²) in [5, 5.41) is 9.19. The van der Waals surface area contributed by atoms with E-state index in [9.17, 15) is 14.4 Å². The zero-order valence-corrected chi connectivity index (χ0v) is 24.9. The number of H-pyrrole nitrogens is 1. The first kappa shape index (κ1) is 30.7. The van der Waals surface area contributed by atoms with E-state index in [1.165, 1.54) is 11.9 Å². The fourth-order valence-electron chi connectivity index (χ4n) is 5.76. The van der Waals surface area contributed by atoms with Crippen molar-refractivity contribution < 1.29 is 19.1 Å². The number of aromatic amines is 1. The van der Waals surface area contributed by atoms with Gasteiger partial charge in [0.2, 0.25) is 5.91 Å². The van der Waals surface area contributed by atoms with E-state index in [1.54, 1.807) is 6.20 Å². The Morgan fingerprint density at radius 1 is 0.955 bits per heavy atom. The zero-order valence-electron chi connectivity index (χ0n) is 24.9. The Morgan fingerprint density at radius 2 is 1.61 bits per heavy atom. The Bertz CT molecular complexity index is 1510. The summed E-state index contributed by atoms with van der Waals surface area (Å²) in [4.78, 5) is 48.0. The number of nitrogens with one attached hydrogen (secondary N) is 4. The van der Waals surface area contributed by atoms with Crippen LogP contribution in [0.4, 0.5) is 4.79 Å². The fourth-order valence-corrected chi connectivity index (χ4v) is 5.76. The Morgan fingerprint density at radius 3 is 2.23 bits per heavy atom. The molecule has 0 aliphatic heterocycles. The highest BCUT2D eigenvalue weighted by molar-refractivity contribution is 6.04. The number of alkyl carbamates (subject to hydrolysis) is 1. The Labute approximate surface area is 257 Å². The van der Waals surface area contributed by atoms with E-state index in [-0.39, 0.29) is 24.5 Å². The SMILES string of the molecule is C[C@H](N[C@@](Cc1cnc[nH]1)(NC(=O)OCc1ccccc1)C(=O)CC(=O)NCC1(c2ccccc2)CCC1)c1ccccc1. The molecule has 1 aliphatic carbocycles. The van der Waals surface area contributed by atoms with Crippen LogP contribution in [0, 0.1) is 0 Å². The number of benzene rings is 3. The van der Waals surface area contributed by atoms with E-state index in [2.05, 4.69) is 38.1 Å². The molecule has 9 heteroatoms. The van der Waals surface area contributed by atoms with E-state index in [1.807, 2.05) is 85.8 Å². The minimum absolute atomic E-state index is 0.0185. The average Bonchev–Trinajstić information content (AvgIpc) is 3.53. The summed E-state index contributed by atoms with van der Waals surface area (Å²) in [6, 6.07) is 28.7. The normalized spacial score (nSPS) is 15.7. The molecular weight excluding hydrogens is 554 g/mol. The maximum atomic E-state index is 14.2. The van der Waals surface area contributed by atoms with Crippen molar-refractivity contribution in [2.24, 2.45) is 0 Å². The molecule has 0 spiro atoms. The summed E-state index contributed by atoms with van der Waals surface area (Å²) in [5.41, 5.74) is 1.70. The number of imidazole rings is 1. The number of nitrogens with zero attached hydrogens (tertiary/aromatic N) is 1. The number of ketones is 1. The van der Waals surface area contributed by atoms with Gasteiger partial charge in [0.25, 0.3) is 0 Å². The van der Waals surface area contributed by atoms with E-state index in [0.29, 0.717) is 12.2 Å². The van der Waals surface area contributed by atoms with Crippen molar-refractivity contribution in [2.45, 2.75) is 62.8 Å². The van der Waals surface area contributed by atoms with Gasteiger partial charge in [-0.1, -0.05) is 97.4 Å². The molecule has 44 heavy (non-hydrogen) atoms. The predicted molar refractivity (Wildman–Crippen MR) is 167 cm³/mol. The summed E-state index contributed by atoms with van der Waals surface area (Å²) >= 11 is 0. The molecule has 0 radical (unpaired) electrons. The summed E-state index contributed by atoms with van der Waals surface area (Å²) in [5.74, 6) is -0.897. The highest BCUT2D eigenvalue weighted by Crippen LogP contribution is 2.43. The van der Waals surface area contributed by atoms with Gasteiger partial charge in [0.15, 0.2) is 11.4 Å². The van der Waals surface area contributed by atoms with Crippen LogP contribution in [0.3, 0.4) is 0 Å². The molecule has 2 atom stereocenters. The van der Waals surface area contributed by atoms with Gasteiger partial charge in [-0.2, -0.15) is 0 Å². The largest absolute Gasteiger partial charge is 0.445 e. The molecule has 0 saturated heterocycles. The van der Waals surface area contributed by atoms with E-state index in [0.717, 1.165) is 30.4 Å². The molecule has 5 rings (SSSR count). The number of carbonyl (C=O) groups is 3. The smallest absolute Gasteiger partial charge is 0.409 e. The van der Waals surface area contributed by atoms with Gasteiger partial charge in [0.1, 0.15) is 6.61 Å². The molecular formula is C35H39N5O4. The van der Waals surface area contributed by atoms with Crippen LogP contribution in [0.5, 0.6) is 0 Å². The van der Waals surface area contributed by atoms with Gasteiger partial charge < -0.3 is 15.0 Å². The van der Waals surface area contributed by atoms with Crippen LogP contribution < -0.4 is 16.0 Å². The molecule has 9 nitrogen and oxygen atoms in total. The van der Waals surface area contributed by atoms with Crippen LogP contribution >= 0.6 is 0 Å². The molecule has 1 aromatic heterocycles. The third-order valence-corrected chi connectivity index (χ3v) is 8.42. The number of aromatic nitrogens is 2. The summed E-state index contributed by atoms with van der Waals surface area (Å²) in [6.45, 7) is 2.37. The van der Waals surface area contributed by atoms with E-state index in [4.69, 9.17) is 4.74 Å². The van der Waals surface area contributed by atoms with E-state index < -0.39 is 29.9 Å². The summed E-state index contributed by atoms with van der Waals surface area (Å²) in [6.07, 6.45) is 4.93. The highest BCUT2D eigenvalue weighted by atomic mass is 16.5. The van der Waals surface area contributed by atoms with Crippen LogP contribution in [0.25, 0.3) is 0 Å². The van der Waals surface area contributed by atoms with Gasteiger partial charge in [0, 0.05) is 36.3 Å². The summed E-state index contributed by atoms with van der Waals surface area (Å²) < 4.78 is 5.54. The number of Topliss-reactive ketones (excluding diaryl/α,β-unsaturated/α-hetero) is 1. The third-order valence-electron chi connectivity index (χ3n) is 8.42. The number of rotatable bonds is 14.